The first-order chi connectivity index (χ1) is 22.9. The molecule has 1 saturated carbocycles. The summed E-state index contributed by atoms with van der Waals surface area (Å²) in [7, 11) is 1.52. The summed E-state index contributed by atoms with van der Waals surface area (Å²) in [6.45, 7) is 1.73. The lowest BCUT2D eigenvalue weighted by Crippen LogP contribution is -2.32. The van der Waals surface area contributed by atoms with Gasteiger partial charge in [0.15, 0.2) is 17.4 Å². The minimum absolute atomic E-state index is 0.150. The molecular weight excluding hydrogens is 607 g/mol. The highest BCUT2D eigenvalue weighted by molar-refractivity contribution is 5.94. The standard InChI is InChI=1S/C36H34F3N5O3/c1-46-27-11-4-22(5-12-27)20-47-35-29(37)15-28(33(38)34(35)39)36(45)41-16-21-2-9-26(10-3-21)44-19-25-7-6-23(14-31(25)43-44)30-13-8-24-17-40-18-32(24)42-30/h4-8,11-15,19,21,26,40H,2-3,9-10,16-18,20H2,1H3,(H,41,45). The van der Waals surface area contributed by atoms with Crippen LogP contribution in [0.3, 0.4) is 0 Å². The number of hydrogen-bond donors (Lipinski definition) is 2. The predicted octanol–water partition coefficient (Wildman–Crippen LogP) is 6.87. The van der Waals surface area contributed by atoms with Crippen LogP contribution in [0.2, 0.25) is 0 Å². The first kappa shape index (κ1) is 30.7. The zero-order chi connectivity index (χ0) is 32.5. The molecule has 0 spiro atoms. The van der Waals surface area contributed by atoms with Gasteiger partial charge in [-0.1, -0.05) is 30.3 Å². The molecule has 1 aliphatic carbocycles. The summed E-state index contributed by atoms with van der Waals surface area (Å²) in [5, 5.41) is 11.9. The zero-order valence-corrected chi connectivity index (χ0v) is 25.9. The van der Waals surface area contributed by atoms with Gasteiger partial charge in [-0.05, 0) is 73.1 Å². The van der Waals surface area contributed by atoms with E-state index in [2.05, 4.69) is 47.2 Å². The number of methoxy groups -OCH3 is 1. The second-order valence-corrected chi connectivity index (χ2v) is 12.2. The highest BCUT2D eigenvalue weighted by Gasteiger charge is 2.27. The van der Waals surface area contributed by atoms with Crippen molar-refractivity contribution in [3.8, 4) is 22.8 Å². The highest BCUT2D eigenvalue weighted by Crippen LogP contribution is 2.34. The van der Waals surface area contributed by atoms with E-state index in [1.165, 1.54) is 12.7 Å². The highest BCUT2D eigenvalue weighted by atomic mass is 19.2. The Balaban J connectivity index is 0.935. The Bertz CT molecular complexity index is 1940. The van der Waals surface area contributed by atoms with Gasteiger partial charge in [-0.15, -0.1) is 0 Å². The van der Waals surface area contributed by atoms with E-state index in [0.717, 1.165) is 66.6 Å². The van der Waals surface area contributed by atoms with Crippen LogP contribution in [-0.4, -0.2) is 34.3 Å². The van der Waals surface area contributed by atoms with Gasteiger partial charge in [0.05, 0.1) is 35.6 Å². The average molecular weight is 642 g/mol. The third kappa shape index (κ3) is 6.40. The van der Waals surface area contributed by atoms with Crippen molar-refractivity contribution < 1.29 is 27.4 Å². The minimum atomic E-state index is -1.54. The molecular formula is C36H34F3N5O3. The topological polar surface area (TPSA) is 90.3 Å². The Hall–Kier alpha value is -4.90. The normalized spacial score (nSPS) is 17.4. The van der Waals surface area contributed by atoms with Crippen LogP contribution in [0.25, 0.3) is 22.2 Å². The smallest absolute Gasteiger partial charge is 0.254 e. The van der Waals surface area contributed by atoms with E-state index in [-0.39, 0.29) is 25.1 Å². The van der Waals surface area contributed by atoms with Crippen molar-refractivity contribution in [2.45, 2.75) is 51.4 Å². The van der Waals surface area contributed by atoms with Gasteiger partial charge >= 0.3 is 0 Å². The second-order valence-electron chi connectivity index (χ2n) is 12.2. The predicted molar refractivity (Wildman–Crippen MR) is 170 cm³/mol. The summed E-state index contributed by atoms with van der Waals surface area (Å²) < 4.78 is 56.8. The number of benzene rings is 3. The average Bonchev–Trinajstić information content (AvgIpc) is 3.76. The fourth-order valence-electron chi connectivity index (χ4n) is 6.40. The van der Waals surface area contributed by atoms with Gasteiger partial charge in [-0.3, -0.25) is 14.5 Å². The number of nitrogens with zero attached hydrogens (tertiary/aromatic N) is 3. The van der Waals surface area contributed by atoms with Crippen molar-refractivity contribution in [2.24, 2.45) is 5.92 Å². The van der Waals surface area contributed by atoms with Crippen molar-refractivity contribution in [3.63, 3.8) is 0 Å². The van der Waals surface area contributed by atoms with Crippen molar-refractivity contribution in [3.05, 3.63) is 107 Å². The molecule has 0 atom stereocenters. The van der Waals surface area contributed by atoms with Crippen LogP contribution < -0.4 is 20.1 Å². The number of hydrogen-bond acceptors (Lipinski definition) is 6. The first-order valence-electron chi connectivity index (χ1n) is 15.8. The van der Waals surface area contributed by atoms with Gasteiger partial charge in [0.25, 0.3) is 5.91 Å². The lowest BCUT2D eigenvalue weighted by Gasteiger charge is -2.28. The molecule has 8 nitrogen and oxygen atoms in total. The molecule has 3 aromatic carbocycles. The Morgan fingerprint density at radius 3 is 2.57 bits per heavy atom. The van der Waals surface area contributed by atoms with Crippen molar-refractivity contribution >= 4 is 16.8 Å². The van der Waals surface area contributed by atoms with E-state index < -0.39 is 34.7 Å². The molecule has 47 heavy (non-hydrogen) atoms. The number of carbonyl (C=O) groups excluding carboxylic acids is 1. The maximum Gasteiger partial charge on any atom is 0.254 e. The summed E-state index contributed by atoms with van der Waals surface area (Å²) in [6.07, 6.45) is 5.44. The van der Waals surface area contributed by atoms with Crippen LogP contribution >= 0.6 is 0 Å². The zero-order valence-electron chi connectivity index (χ0n) is 25.9. The summed E-state index contributed by atoms with van der Waals surface area (Å²) in [4.78, 5) is 17.6. The molecule has 2 aliphatic rings. The quantitative estimate of drug-likeness (QED) is 0.171. The van der Waals surface area contributed by atoms with Crippen LogP contribution in [0.4, 0.5) is 13.2 Å². The van der Waals surface area contributed by atoms with E-state index in [1.54, 1.807) is 24.3 Å². The molecule has 0 radical (unpaired) electrons. The summed E-state index contributed by atoms with van der Waals surface area (Å²) in [5.74, 6) is -5.11. The molecule has 11 heteroatoms. The lowest BCUT2D eigenvalue weighted by atomic mass is 9.86. The lowest BCUT2D eigenvalue weighted by molar-refractivity contribution is 0.0935. The Labute approximate surface area is 269 Å². The van der Waals surface area contributed by atoms with E-state index in [0.29, 0.717) is 17.4 Å². The second kappa shape index (κ2) is 13.1. The molecule has 2 N–H and O–H groups in total. The first-order valence-corrected chi connectivity index (χ1v) is 15.8. The number of carbonyl (C=O) groups is 1. The SMILES string of the molecule is COc1ccc(COc2c(F)cc(C(=O)NCC3CCC(n4cc5ccc(-c6ccc7c(n6)CNC7)cc5n4)CC3)c(F)c2F)cc1. The third-order valence-corrected chi connectivity index (χ3v) is 9.14. The van der Waals surface area contributed by atoms with Crippen LogP contribution in [0.1, 0.15) is 58.9 Å². The van der Waals surface area contributed by atoms with Gasteiger partial charge in [0.2, 0.25) is 5.82 Å². The Kier molecular flexibility index (Phi) is 8.55. The molecule has 1 aliphatic heterocycles. The molecule has 7 rings (SSSR count). The van der Waals surface area contributed by atoms with Crippen molar-refractivity contribution in [1.82, 2.24) is 25.4 Å². The molecule has 0 saturated heterocycles. The van der Waals surface area contributed by atoms with Gasteiger partial charge < -0.3 is 20.1 Å². The minimum Gasteiger partial charge on any atom is -0.497 e. The van der Waals surface area contributed by atoms with E-state index in [4.69, 9.17) is 19.6 Å². The van der Waals surface area contributed by atoms with Gasteiger partial charge in [0, 0.05) is 36.8 Å². The van der Waals surface area contributed by atoms with Gasteiger partial charge in [0.1, 0.15) is 12.4 Å². The van der Waals surface area contributed by atoms with Crippen molar-refractivity contribution in [1.29, 1.82) is 0 Å². The van der Waals surface area contributed by atoms with Gasteiger partial charge in [-0.2, -0.15) is 9.49 Å². The fourth-order valence-corrected chi connectivity index (χ4v) is 6.40. The Morgan fingerprint density at radius 1 is 0.979 bits per heavy atom. The maximum atomic E-state index is 14.9. The molecule has 0 bridgehead atoms. The summed E-state index contributed by atoms with van der Waals surface area (Å²) in [5.41, 5.74) is 5.13. The number of rotatable bonds is 9. The summed E-state index contributed by atoms with van der Waals surface area (Å²) >= 11 is 0. The molecule has 1 fully saturated rings. The number of ether oxygens (including phenoxy) is 2. The number of pyridine rings is 1. The molecule has 0 unspecified atom stereocenters. The molecule has 242 valence electrons. The fraction of sp³-hybridized carbons (Fsp3) is 0.306. The van der Waals surface area contributed by atoms with E-state index >= 15 is 0 Å². The van der Waals surface area contributed by atoms with E-state index in [9.17, 15) is 18.0 Å². The van der Waals surface area contributed by atoms with E-state index in [1.807, 2.05) is 4.68 Å². The number of halogens is 3. The van der Waals surface area contributed by atoms with Crippen LogP contribution in [-0.2, 0) is 19.7 Å². The molecule has 1 amide bonds. The largest absolute Gasteiger partial charge is 0.497 e. The number of aromatic nitrogens is 3. The summed E-state index contributed by atoms with van der Waals surface area (Å²) in [6, 6.07) is 18.0. The molecule has 3 heterocycles. The van der Waals surface area contributed by atoms with Crippen LogP contribution in [0.15, 0.2) is 66.9 Å². The monoisotopic (exact) mass is 641 g/mol. The van der Waals surface area contributed by atoms with Crippen LogP contribution in [0.5, 0.6) is 11.5 Å². The number of fused-ring (bicyclic) bond motifs is 2. The van der Waals surface area contributed by atoms with Crippen LogP contribution in [0, 0.1) is 23.4 Å². The number of nitrogens with one attached hydrogen (secondary N) is 2. The third-order valence-electron chi connectivity index (χ3n) is 9.14. The van der Waals surface area contributed by atoms with Gasteiger partial charge in [-0.25, -0.2) is 8.78 Å². The molecule has 2 aromatic heterocycles. The maximum absolute atomic E-state index is 14.9. The number of amides is 1. The molecule has 5 aromatic rings. The Morgan fingerprint density at radius 2 is 1.79 bits per heavy atom. The van der Waals surface area contributed by atoms with Crippen molar-refractivity contribution in [2.75, 3.05) is 13.7 Å².